The summed E-state index contributed by atoms with van der Waals surface area (Å²) in [6.45, 7) is 4.34. The molecule has 3 rings (SSSR count). The van der Waals surface area contributed by atoms with Crippen molar-refractivity contribution in [1.29, 1.82) is 5.26 Å². The van der Waals surface area contributed by atoms with Crippen LogP contribution < -0.4 is 5.32 Å². The molecule has 30 heavy (non-hydrogen) atoms. The van der Waals surface area contributed by atoms with Crippen LogP contribution in [0.25, 0.3) is 16.8 Å². The lowest BCUT2D eigenvalue weighted by atomic mass is 10.0. The van der Waals surface area contributed by atoms with Crippen LogP contribution in [-0.4, -0.2) is 9.91 Å². The first-order chi connectivity index (χ1) is 14.4. The Hall–Kier alpha value is -3.57. The zero-order valence-electron chi connectivity index (χ0n) is 16.4. The SMILES string of the molecule is CC(C)Cc1ccc(-c2csc(/C(C#N)=C/Nc3ccc(F)cc3[N+](=O)[O-])n2)cc1. The monoisotopic (exact) mass is 422 g/mol. The third kappa shape index (κ3) is 5.07. The fraction of sp³-hybridized carbons (Fsp3) is 0.182. The molecule has 2 aromatic carbocycles. The Morgan fingerprint density at radius 3 is 2.70 bits per heavy atom. The number of hydrogen-bond donors (Lipinski definition) is 1. The fourth-order valence-corrected chi connectivity index (χ4v) is 3.68. The summed E-state index contributed by atoms with van der Waals surface area (Å²) in [4.78, 5) is 14.9. The molecule has 8 heteroatoms. The number of nitro benzene ring substituents is 1. The quantitative estimate of drug-likeness (QED) is 0.285. The first kappa shape index (κ1) is 21.1. The van der Waals surface area contributed by atoms with Crippen LogP contribution in [0.1, 0.15) is 24.4 Å². The lowest BCUT2D eigenvalue weighted by molar-refractivity contribution is -0.384. The summed E-state index contributed by atoms with van der Waals surface area (Å²) >= 11 is 1.30. The minimum absolute atomic E-state index is 0.0895. The van der Waals surface area contributed by atoms with Crippen LogP contribution in [0.15, 0.2) is 54.0 Å². The number of aromatic nitrogens is 1. The zero-order chi connectivity index (χ0) is 21.7. The van der Waals surface area contributed by atoms with Crippen LogP contribution in [0.5, 0.6) is 0 Å². The Balaban J connectivity index is 1.81. The van der Waals surface area contributed by atoms with Gasteiger partial charge in [0.2, 0.25) is 0 Å². The first-order valence-corrected chi connectivity index (χ1v) is 10.1. The molecule has 1 aromatic heterocycles. The third-order valence-corrected chi connectivity index (χ3v) is 5.15. The molecular formula is C22H19FN4O2S. The van der Waals surface area contributed by atoms with Gasteiger partial charge in [0.25, 0.3) is 5.69 Å². The van der Waals surface area contributed by atoms with Crippen LogP contribution in [0, 0.1) is 33.2 Å². The smallest absolute Gasteiger partial charge is 0.295 e. The van der Waals surface area contributed by atoms with Gasteiger partial charge in [-0.05, 0) is 30.0 Å². The van der Waals surface area contributed by atoms with Gasteiger partial charge < -0.3 is 5.32 Å². The minimum Gasteiger partial charge on any atom is -0.355 e. The van der Waals surface area contributed by atoms with Gasteiger partial charge >= 0.3 is 0 Å². The van der Waals surface area contributed by atoms with E-state index in [1.165, 1.54) is 29.2 Å². The van der Waals surface area contributed by atoms with E-state index in [2.05, 4.69) is 36.3 Å². The van der Waals surface area contributed by atoms with Crippen molar-refractivity contribution in [2.75, 3.05) is 5.32 Å². The molecule has 0 aliphatic heterocycles. The van der Waals surface area contributed by atoms with Gasteiger partial charge in [-0.3, -0.25) is 10.1 Å². The number of nitro groups is 1. The molecule has 0 fully saturated rings. The number of thiazole rings is 1. The van der Waals surface area contributed by atoms with Gasteiger partial charge in [-0.25, -0.2) is 9.37 Å². The molecule has 1 N–H and O–H groups in total. The van der Waals surface area contributed by atoms with E-state index in [1.807, 2.05) is 23.6 Å². The molecule has 0 spiro atoms. The second-order valence-electron chi connectivity index (χ2n) is 7.07. The number of rotatable bonds is 7. The molecule has 0 bridgehead atoms. The highest BCUT2D eigenvalue weighted by molar-refractivity contribution is 7.11. The number of nitrogens with one attached hydrogen (secondary N) is 1. The van der Waals surface area contributed by atoms with Crippen LogP contribution in [-0.2, 0) is 6.42 Å². The number of nitrogens with zero attached hydrogens (tertiary/aromatic N) is 3. The Labute approximate surface area is 177 Å². The Bertz CT molecular complexity index is 1130. The Morgan fingerprint density at radius 2 is 2.07 bits per heavy atom. The number of nitriles is 1. The second-order valence-corrected chi connectivity index (χ2v) is 7.92. The van der Waals surface area contributed by atoms with E-state index in [1.54, 1.807) is 0 Å². The molecule has 0 saturated heterocycles. The van der Waals surface area contributed by atoms with E-state index < -0.39 is 16.4 Å². The highest BCUT2D eigenvalue weighted by Gasteiger charge is 2.15. The molecular weight excluding hydrogens is 403 g/mol. The normalized spacial score (nSPS) is 11.4. The predicted octanol–water partition coefficient (Wildman–Crippen LogP) is 6.03. The van der Waals surface area contributed by atoms with Crippen molar-refractivity contribution >= 4 is 28.3 Å². The van der Waals surface area contributed by atoms with Crippen molar-refractivity contribution in [1.82, 2.24) is 4.98 Å². The summed E-state index contributed by atoms with van der Waals surface area (Å²) < 4.78 is 13.3. The molecule has 0 saturated carbocycles. The summed E-state index contributed by atoms with van der Waals surface area (Å²) in [6, 6.07) is 13.4. The summed E-state index contributed by atoms with van der Waals surface area (Å²) in [7, 11) is 0. The minimum atomic E-state index is -0.708. The third-order valence-electron chi connectivity index (χ3n) is 4.28. The van der Waals surface area contributed by atoms with Crippen LogP contribution in [0.2, 0.25) is 0 Å². The molecule has 0 aliphatic carbocycles. The van der Waals surface area contributed by atoms with E-state index in [9.17, 15) is 19.8 Å². The fourth-order valence-electron chi connectivity index (χ4n) is 2.88. The lowest BCUT2D eigenvalue weighted by Gasteiger charge is -2.05. The molecule has 0 aliphatic rings. The van der Waals surface area contributed by atoms with E-state index in [-0.39, 0.29) is 11.3 Å². The second kappa shape index (κ2) is 9.29. The van der Waals surface area contributed by atoms with Crippen molar-refractivity contribution in [3.05, 3.63) is 80.5 Å². The van der Waals surface area contributed by atoms with Gasteiger partial charge in [-0.1, -0.05) is 38.1 Å². The van der Waals surface area contributed by atoms with E-state index in [0.29, 0.717) is 10.9 Å². The highest BCUT2D eigenvalue weighted by Crippen LogP contribution is 2.28. The molecule has 0 radical (unpaired) electrons. The summed E-state index contributed by atoms with van der Waals surface area (Å²) in [5, 5.41) is 25.7. The zero-order valence-corrected chi connectivity index (χ0v) is 17.2. The summed E-state index contributed by atoms with van der Waals surface area (Å²) in [6.07, 6.45) is 2.35. The van der Waals surface area contributed by atoms with Gasteiger partial charge in [0.1, 0.15) is 28.2 Å². The maximum Gasteiger partial charge on any atom is 0.295 e. The first-order valence-electron chi connectivity index (χ1n) is 9.23. The molecule has 3 aromatic rings. The van der Waals surface area contributed by atoms with Gasteiger partial charge in [0, 0.05) is 17.1 Å². The maximum atomic E-state index is 13.3. The van der Waals surface area contributed by atoms with Crippen molar-refractivity contribution in [3.63, 3.8) is 0 Å². The molecule has 152 valence electrons. The maximum absolute atomic E-state index is 13.3. The van der Waals surface area contributed by atoms with Gasteiger partial charge in [-0.2, -0.15) is 5.26 Å². The molecule has 0 unspecified atom stereocenters. The standard InChI is InChI=1S/C22H19FN4O2S/c1-14(2)9-15-3-5-16(6-4-15)20-13-30-22(26-20)17(11-24)12-25-19-8-7-18(23)10-21(19)27(28)29/h3-8,10,12-14,25H,9H2,1-2H3/b17-12+. The number of benzene rings is 2. The number of hydrogen-bond acceptors (Lipinski definition) is 6. The predicted molar refractivity (Wildman–Crippen MR) is 116 cm³/mol. The molecule has 6 nitrogen and oxygen atoms in total. The number of allylic oxidation sites excluding steroid dienone is 1. The largest absolute Gasteiger partial charge is 0.355 e. The van der Waals surface area contributed by atoms with E-state index in [4.69, 9.17) is 0 Å². The number of halogens is 1. The van der Waals surface area contributed by atoms with Gasteiger partial charge in [0.05, 0.1) is 16.7 Å². The highest BCUT2D eigenvalue weighted by atomic mass is 32.1. The van der Waals surface area contributed by atoms with Gasteiger partial charge in [0.15, 0.2) is 0 Å². The van der Waals surface area contributed by atoms with Crippen LogP contribution >= 0.6 is 11.3 Å². The average Bonchev–Trinajstić information content (AvgIpc) is 3.19. The van der Waals surface area contributed by atoms with Crippen molar-refractivity contribution < 1.29 is 9.31 Å². The van der Waals surface area contributed by atoms with Gasteiger partial charge in [-0.15, -0.1) is 11.3 Å². The lowest BCUT2D eigenvalue weighted by Crippen LogP contribution is -1.98. The Kier molecular flexibility index (Phi) is 6.54. The summed E-state index contributed by atoms with van der Waals surface area (Å²) in [5.74, 6) is -0.129. The van der Waals surface area contributed by atoms with Crippen molar-refractivity contribution in [3.8, 4) is 17.3 Å². The number of anilines is 1. The molecule has 0 atom stereocenters. The van der Waals surface area contributed by atoms with Crippen molar-refractivity contribution in [2.45, 2.75) is 20.3 Å². The summed E-state index contributed by atoms with van der Waals surface area (Å²) in [5.41, 5.74) is 2.86. The Morgan fingerprint density at radius 1 is 1.33 bits per heavy atom. The van der Waals surface area contributed by atoms with Crippen LogP contribution in [0.4, 0.5) is 15.8 Å². The topological polar surface area (TPSA) is 91.8 Å². The molecule has 1 heterocycles. The van der Waals surface area contributed by atoms with Crippen molar-refractivity contribution in [2.24, 2.45) is 5.92 Å². The average molecular weight is 422 g/mol. The van der Waals surface area contributed by atoms with E-state index >= 15 is 0 Å². The molecule has 0 amide bonds. The van der Waals surface area contributed by atoms with E-state index in [0.717, 1.165) is 29.8 Å². The van der Waals surface area contributed by atoms with Crippen LogP contribution in [0.3, 0.4) is 0 Å².